The highest BCUT2D eigenvalue weighted by Crippen LogP contribution is 2.18. The molecule has 0 aliphatic carbocycles. The van der Waals surface area contributed by atoms with Gasteiger partial charge in [-0.1, -0.05) is 18.2 Å². The third-order valence-corrected chi connectivity index (χ3v) is 3.78. The molecular weight excluding hydrogens is 302 g/mol. The molecule has 0 saturated heterocycles. The number of benzene rings is 2. The van der Waals surface area contributed by atoms with Gasteiger partial charge in [-0.15, -0.1) is 0 Å². The van der Waals surface area contributed by atoms with Crippen molar-refractivity contribution in [2.45, 2.75) is 26.8 Å². The summed E-state index contributed by atoms with van der Waals surface area (Å²) in [6.07, 6.45) is 0. The quantitative estimate of drug-likeness (QED) is 0.806. The molecule has 2 aromatic carbocycles. The summed E-state index contributed by atoms with van der Waals surface area (Å²) in [6.45, 7) is 6.08. The van der Waals surface area contributed by atoms with Crippen LogP contribution in [-0.2, 0) is 0 Å². The normalized spacial score (nSPS) is 11.9. The number of rotatable bonds is 3. The Hall–Kier alpha value is -2.01. The Kier molecular flexibility index (Phi) is 5.08. The fourth-order valence-electron chi connectivity index (χ4n) is 2.06. The zero-order chi connectivity index (χ0) is 16.3. The SMILES string of the molecule is Cc1ccc(C(C)NC(=S)Nc2ccc(F)cc2F)cc1C. The van der Waals surface area contributed by atoms with Gasteiger partial charge < -0.3 is 10.6 Å². The van der Waals surface area contributed by atoms with Crippen molar-refractivity contribution in [3.8, 4) is 0 Å². The number of hydrogen-bond donors (Lipinski definition) is 2. The van der Waals surface area contributed by atoms with E-state index in [0.29, 0.717) is 0 Å². The summed E-state index contributed by atoms with van der Waals surface area (Å²) in [5.41, 5.74) is 3.66. The maximum atomic E-state index is 13.6. The maximum absolute atomic E-state index is 13.6. The molecule has 116 valence electrons. The Balaban J connectivity index is 2.03. The van der Waals surface area contributed by atoms with Crippen molar-refractivity contribution in [3.05, 3.63) is 64.7 Å². The van der Waals surface area contributed by atoms with Gasteiger partial charge in [-0.05, 0) is 61.8 Å². The fourth-order valence-corrected chi connectivity index (χ4v) is 2.35. The molecule has 2 rings (SSSR count). The van der Waals surface area contributed by atoms with E-state index in [0.717, 1.165) is 11.6 Å². The Labute approximate surface area is 134 Å². The standard InChI is InChI=1S/C17H18F2N2S/c1-10-4-5-13(8-11(10)2)12(3)20-17(22)21-16-7-6-14(18)9-15(16)19/h4-9,12H,1-3H3,(H2,20,21,22). The van der Waals surface area contributed by atoms with Crippen LogP contribution >= 0.6 is 12.2 Å². The van der Waals surface area contributed by atoms with E-state index < -0.39 is 11.6 Å². The molecule has 0 saturated carbocycles. The van der Waals surface area contributed by atoms with Gasteiger partial charge in [-0.3, -0.25) is 0 Å². The summed E-state index contributed by atoms with van der Waals surface area (Å²) < 4.78 is 26.4. The van der Waals surface area contributed by atoms with Crippen molar-refractivity contribution >= 4 is 23.0 Å². The van der Waals surface area contributed by atoms with E-state index in [1.54, 1.807) is 0 Å². The summed E-state index contributed by atoms with van der Waals surface area (Å²) in [4.78, 5) is 0. The molecule has 0 aliphatic rings. The molecule has 5 heteroatoms. The van der Waals surface area contributed by atoms with E-state index in [2.05, 4.69) is 36.6 Å². The van der Waals surface area contributed by atoms with E-state index in [4.69, 9.17) is 12.2 Å². The molecule has 1 atom stereocenters. The predicted molar refractivity (Wildman–Crippen MR) is 90.0 cm³/mol. The molecule has 0 bridgehead atoms. The molecule has 22 heavy (non-hydrogen) atoms. The average Bonchev–Trinajstić information content (AvgIpc) is 2.45. The maximum Gasteiger partial charge on any atom is 0.171 e. The Morgan fingerprint density at radius 2 is 1.77 bits per heavy atom. The van der Waals surface area contributed by atoms with Gasteiger partial charge in [0.2, 0.25) is 0 Å². The third kappa shape index (κ3) is 4.01. The molecule has 0 radical (unpaired) electrons. The van der Waals surface area contributed by atoms with Crippen LogP contribution in [0.1, 0.15) is 29.7 Å². The highest BCUT2D eigenvalue weighted by atomic mass is 32.1. The van der Waals surface area contributed by atoms with Gasteiger partial charge in [0.15, 0.2) is 5.11 Å². The molecule has 2 nitrogen and oxygen atoms in total. The van der Waals surface area contributed by atoms with Crippen LogP contribution in [0.3, 0.4) is 0 Å². The molecular formula is C17H18F2N2S. The van der Waals surface area contributed by atoms with Crippen molar-refractivity contribution < 1.29 is 8.78 Å². The largest absolute Gasteiger partial charge is 0.356 e. The Morgan fingerprint density at radius 1 is 1.05 bits per heavy atom. The van der Waals surface area contributed by atoms with Crippen molar-refractivity contribution in [1.82, 2.24) is 5.32 Å². The van der Waals surface area contributed by atoms with Crippen LogP contribution in [-0.4, -0.2) is 5.11 Å². The highest BCUT2D eigenvalue weighted by Gasteiger charge is 2.10. The summed E-state index contributed by atoms with van der Waals surface area (Å²) in [5, 5.41) is 6.12. The molecule has 2 aromatic rings. The van der Waals surface area contributed by atoms with Gasteiger partial charge in [0.05, 0.1) is 11.7 Å². The topological polar surface area (TPSA) is 24.1 Å². The highest BCUT2D eigenvalue weighted by molar-refractivity contribution is 7.80. The van der Waals surface area contributed by atoms with Crippen LogP contribution in [0.25, 0.3) is 0 Å². The van der Waals surface area contributed by atoms with Crippen molar-refractivity contribution in [2.75, 3.05) is 5.32 Å². The molecule has 2 N–H and O–H groups in total. The summed E-state index contributed by atoms with van der Waals surface area (Å²) in [7, 11) is 0. The van der Waals surface area contributed by atoms with E-state index in [9.17, 15) is 8.78 Å². The first kappa shape index (κ1) is 16.4. The van der Waals surface area contributed by atoms with Gasteiger partial charge in [0.25, 0.3) is 0 Å². The lowest BCUT2D eigenvalue weighted by atomic mass is 10.0. The lowest BCUT2D eigenvalue weighted by molar-refractivity contribution is 0.586. The number of hydrogen-bond acceptors (Lipinski definition) is 1. The Morgan fingerprint density at radius 3 is 2.41 bits per heavy atom. The fraction of sp³-hybridized carbons (Fsp3) is 0.235. The first-order valence-corrected chi connectivity index (χ1v) is 7.37. The average molecular weight is 320 g/mol. The number of halogens is 2. The second kappa shape index (κ2) is 6.83. The first-order chi connectivity index (χ1) is 10.4. The van der Waals surface area contributed by atoms with Crippen LogP contribution < -0.4 is 10.6 Å². The first-order valence-electron chi connectivity index (χ1n) is 6.96. The number of aryl methyl sites for hydroxylation is 2. The van der Waals surface area contributed by atoms with Crippen LogP contribution in [0.15, 0.2) is 36.4 Å². The number of nitrogens with one attached hydrogen (secondary N) is 2. The second-order valence-electron chi connectivity index (χ2n) is 5.29. The van der Waals surface area contributed by atoms with Gasteiger partial charge in [0, 0.05) is 6.07 Å². The lowest BCUT2D eigenvalue weighted by Gasteiger charge is -2.18. The van der Waals surface area contributed by atoms with Gasteiger partial charge in [0.1, 0.15) is 11.6 Å². The third-order valence-electron chi connectivity index (χ3n) is 3.56. The predicted octanol–water partition coefficient (Wildman–Crippen LogP) is 4.63. The van der Waals surface area contributed by atoms with Gasteiger partial charge >= 0.3 is 0 Å². The van der Waals surface area contributed by atoms with Crippen LogP contribution in [0.4, 0.5) is 14.5 Å². The monoisotopic (exact) mass is 320 g/mol. The molecule has 1 unspecified atom stereocenters. The number of thiocarbonyl (C=S) groups is 1. The minimum Gasteiger partial charge on any atom is -0.356 e. The molecule has 0 spiro atoms. The zero-order valence-corrected chi connectivity index (χ0v) is 13.5. The molecule has 0 aromatic heterocycles. The van der Waals surface area contributed by atoms with Gasteiger partial charge in [-0.25, -0.2) is 8.78 Å². The zero-order valence-electron chi connectivity index (χ0n) is 12.7. The van der Waals surface area contributed by atoms with E-state index in [1.807, 2.05) is 13.0 Å². The smallest absolute Gasteiger partial charge is 0.171 e. The van der Waals surface area contributed by atoms with E-state index in [-0.39, 0.29) is 16.8 Å². The minimum atomic E-state index is -0.678. The molecule has 0 aliphatic heterocycles. The van der Waals surface area contributed by atoms with Crippen molar-refractivity contribution in [2.24, 2.45) is 0 Å². The van der Waals surface area contributed by atoms with Crippen LogP contribution in [0, 0.1) is 25.5 Å². The van der Waals surface area contributed by atoms with Gasteiger partial charge in [-0.2, -0.15) is 0 Å². The summed E-state index contributed by atoms with van der Waals surface area (Å²) >= 11 is 5.18. The summed E-state index contributed by atoms with van der Waals surface area (Å²) in [6, 6.07) is 9.47. The lowest BCUT2D eigenvalue weighted by Crippen LogP contribution is -2.31. The molecule has 0 fully saturated rings. The van der Waals surface area contributed by atoms with Crippen LogP contribution in [0.2, 0.25) is 0 Å². The minimum absolute atomic E-state index is 0.0252. The summed E-state index contributed by atoms with van der Waals surface area (Å²) in [5.74, 6) is -1.30. The van der Waals surface area contributed by atoms with Crippen molar-refractivity contribution in [3.63, 3.8) is 0 Å². The Bertz CT molecular complexity index is 701. The van der Waals surface area contributed by atoms with E-state index in [1.165, 1.54) is 23.3 Å². The van der Waals surface area contributed by atoms with E-state index >= 15 is 0 Å². The van der Waals surface area contributed by atoms with Crippen molar-refractivity contribution in [1.29, 1.82) is 0 Å². The second-order valence-corrected chi connectivity index (χ2v) is 5.70. The van der Waals surface area contributed by atoms with Crippen LogP contribution in [0.5, 0.6) is 0 Å². The number of anilines is 1. The molecule has 0 amide bonds. The molecule has 0 heterocycles.